The third-order valence-electron chi connectivity index (χ3n) is 4.36. The fraction of sp³-hybridized carbons (Fsp3) is 0.529. The number of rotatable bonds is 3. The summed E-state index contributed by atoms with van der Waals surface area (Å²) >= 11 is 0. The van der Waals surface area contributed by atoms with Crippen LogP contribution in [-0.2, 0) is 22.4 Å². The van der Waals surface area contributed by atoms with Gasteiger partial charge in [-0.2, -0.15) is 0 Å². The molecular weight excluding hydrogens is 266 g/mol. The molecule has 4 heteroatoms. The van der Waals surface area contributed by atoms with E-state index >= 15 is 0 Å². The molecule has 0 aromatic heterocycles. The Bertz CT molecular complexity index is 543. The van der Waals surface area contributed by atoms with Crippen molar-refractivity contribution in [2.24, 2.45) is 0 Å². The Morgan fingerprint density at radius 3 is 2.52 bits per heavy atom. The standard InChI is InChI=1S/C17H21NO3/c19-15-7-9-18(10-8-15)17(20)12-21-16-6-5-13-3-1-2-4-14(13)11-16/h5-6,11H,1-4,7-10,12H2. The molecule has 0 bridgehead atoms. The zero-order chi connectivity index (χ0) is 14.7. The third kappa shape index (κ3) is 3.43. The van der Waals surface area contributed by atoms with Gasteiger partial charge in [-0.15, -0.1) is 0 Å². The molecule has 1 saturated heterocycles. The lowest BCUT2D eigenvalue weighted by Crippen LogP contribution is -2.41. The molecule has 21 heavy (non-hydrogen) atoms. The van der Waals surface area contributed by atoms with E-state index in [9.17, 15) is 9.59 Å². The highest BCUT2D eigenvalue weighted by molar-refractivity contribution is 5.84. The van der Waals surface area contributed by atoms with Crippen LogP contribution < -0.4 is 4.74 Å². The van der Waals surface area contributed by atoms with Crippen LogP contribution in [0.1, 0.15) is 36.8 Å². The number of carbonyl (C=O) groups excluding carboxylic acids is 2. The van der Waals surface area contributed by atoms with Crippen LogP contribution in [0.5, 0.6) is 5.75 Å². The highest BCUT2D eigenvalue weighted by Gasteiger charge is 2.21. The lowest BCUT2D eigenvalue weighted by molar-refractivity contribution is -0.136. The monoisotopic (exact) mass is 287 g/mol. The molecule has 0 unspecified atom stereocenters. The van der Waals surface area contributed by atoms with Crippen LogP contribution in [0, 0.1) is 0 Å². The van der Waals surface area contributed by atoms with Gasteiger partial charge in [-0.1, -0.05) is 6.07 Å². The molecule has 3 rings (SSSR count). The maximum Gasteiger partial charge on any atom is 0.260 e. The van der Waals surface area contributed by atoms with E-state index in [1.807, 2.05) is 6.07 Å². The number of hydrogen-bond donors (Lipinski definition) is 0. The van der Waals surface area contributed by atoms with Gasteiger partial charge in [0.15, 0.2) is 6.61 Å². The van der Waals surface area contributed by atoms with Crippen LogP contribution in [0.2, 0.25) is 0 Å². The van der Waals surface area contributed by atoms with E-state index in [-0.39, 0.29) is 18.3 Å². The molecule has 1 heterocycles. The first-order chi connectivity index (χ1) is 10.2. The van der Waals surface area contributed by atoms with Gasteiger partial charge in [0, 0.05) is 25.9 Å². The molecular formula is C17H21NO3. The summed E-state index contributed by atoms with van der Waals surface area (Å²) in [7, 11) is 0. The molecule has 0 saturated carbocycles. The minimum atomic E-state index is -0.0276. The number of carbonyl (C=O) groups is 2. The topological polar surface area (TPSA) is 46.6 Å². The highest BCUT2D eigenvalue weighted by atomic mass is 16.5. The average molecular weight is 287 g/mol. The number of amides is 1. The van der Waals surface area contributed by atoms with Crippen LogP contribution in [0.15, 0.2) is 18.2 Å². The number of benzene rings is 1. The molecule has 1 fully saturated rings. The number of likely N-dealkylation sites (tertiary alicyclic amines) is 1. The molecule has 0 atom stereocenters. The van der Waals surface area contributed by atoms with Crippen LogP contribution in [0.4, 0.5) is 0 Å². The maximum atomic E-state index is 12.1. The SMILES string of the molecule is O=C1CCN(C(=O)COc2ccc3c(c2)CCCC3)CC1. The highest BCUT2D eigenvalue weighted by Crippen LogP contribution is 2.25. The average Bonchev–Trinajstić information content (AvgIpc) is 2.53. The second kappa shape index (κ2) is 6.29. The van der Waals surface area contributed by atoms with E-state index in [0.717, 1.165) is 18.6 Å². The molecule has 1 aliphatic heterocycles. The number of ketones is 1. The van der Waals surface area contributed by atoms with Crippen molar-refractivity contribution in [2.45, 2.75) is 38.5 Å². The first-order valence-electron chi connectivity index (χ1n) is 7.76. The summed E-state index contributed by atoms with van der Waals surface area (Å²) in [5.74, 6) is 0.993. The third-order valence-corrected chi connectivity index (χ3v) is 4.36. The van der Waals surface area contributed by atoms with Gasteiger partial charge in [0.25, 0.3) is 5.91 Å². The Labute approximate surface area is 125 Å². The molecule has 112 valence electrons. The first kappa shape index (κ1) is 14.1. The summed E-state index contributed by atoms with van der Waals surface area (Å²) in [5.41, 5.74) is 2.77. The lowest BCUT2D eigenvalue weighted by Gasteiger charge is -2.26. The summed E-state index contributed by atoms with van der Waals surface area (Å²) < 4.78 is 5.64. The molecule has 2 aliphatic rings. The first-order valence-corrected chi connectivity index (χ1v) is 7.76. The summed E-state index contributed by atoms with van der Waals surface area (Å²) in [6.45, 7) is 1.13. The van der Waals surface area contributed by atoms with Crippen molar-refractivity contribution in [3.8, 4) is 5.75 Å². The summed E-state index contributed by atoms with van der Waals surface area (Å²) in [4.78, 5) is 25.0. The van der Waals surface area contributed by atoms with Gasteiger partial charge in [0.1, 0.15) is 11.5 Å². The molecule has 0 radical (unpaired) electrons. The van der Waals surface area contributed by atoms with Crippen LogP contribution in [0.3, 0.4) is 0 Å². The second-order valence-corrected chi connectivity index (χ2v) is 5.85. The summed E-state index contributed by atoms with van der Waals surface area (Å²) in [6, 6.07) is 6.15. The Kier molecular flexibility index (Phi) is 4.23. The Morgan fingerprint density at radius 1 is 1.05 bits per heavy atom. The number of Topliss-reactive ketones (excluding diaryl/α,β-unsaturated/α-hetero) is 1. The minimum absolute atomic E-state index is 0.0276. The number of piperidine rings is 1. The smallest absolute Gasteiger partial charge is 0.260 e. The second-order valence-electron chi connectivity index (χ2n) is 5.85. The van der Waals surface area contributed by atoms with E-state index in [0.29, 0.717) is 25.9 Å². The van der Waals surface area contributed by atoms with Crippen LogP contribution >= 0.6 is 0 Å². The van der Waals surface area contributed by atoms with Crippen molar-refractivity contribution in [2.75, 3.05) is 19.7 Å². The normalized spacial score (nSPS) is 18.3. The molecule has 0 N–H and O–H groups in total. The van der Waals surface area contributed by atoms with Crippen molar-refractivity contribution < 1.29 is 14.3 Å². The van der Waals surface area contributed by atoms with Crippen LogP contribution in [0.25, 0.3) is 0 Å². The zero-order valence-electron chi connectivity index (χ0n) is 12.3. The molecule has 1 aliphatic carbocycles. The van der Waals surface area contributed by atoms with Crippen LogP contribution in [-0.4, -0.2) is 36.3 Å². The fourth-order valence-electron chi connectivity index (χ4n) is 3.04. The van der Waals surface area contributed by atoms with Gasteiger partial charge >= 0.3 is 0 Å². The largest absolute Gasteiger partial charge is 0.484 e. The van der Waals surface area contributed by atoms with Crippen molar-refractivity contribution in [3.05, 3.63) is 29.3 Å². The van der Waals surface area contributed by atoms with E-state index in [2.05, 4.69) is 12.1 Å². The molecule has 0 spiro atoms. The Morgan fingerprint density at radius 2 is 1.76 bits per heavy atom. The number of nitrogens with zero attached hydrogens (tertiary/aromatic N) is 1. The quantitative estimate of drug-likeness (QED) is 0.855. The van der Waals surface area contributed by atoms with Crippen molar-refractivity contribution >= 4 is 11.7 Å². The number of ether oxygens (including phenoxy) is 1. The van der Waals surface area contributed by atoms with Gasteiger partial charge in [-0.05, 0) is 48.9 Å². The van der Waals surface area contributed by atoms with Crippen molar-refractivity contribution in [3.63, 3.8) is 0 Å². The molecule has 1 amide bonds. The van der Waals surface area contributed by atoms with Gasteiger partial charge in [0.05, 0.1) is 0 Å². The van der Waals surface area contributed by atoms with Gasteiger partial charge in [0.2, 0.25) is 0 Å². The summed E-state index contributed by atoms with van der Waals surface area (Å²) in [5, 5.41) is 0. The zero-order valence-corrected chi connectivity index (χ0v) is 12.3. The number of hydrogen-bond acceptors (Lipinski definition) is 3. The molecule has 1 aromatic rings. The maximum absolute atomic E-state index is 12.1. The number of fused-ring (bicyclic) bond motifs is 1. The van der Waals surface area contributed by atoms with E-state index in [4.69, 9.17) is 4.74 Å². The van der Waals surface area contributed by atoms with Crippen molar-refractivity contribution in [1.29, 1.82) is 0 Å². The molecule has 1 aromatic carbocycles. The Balaban J connectivity index is 1.55. The fourth-order valence-corrected chi connectivity index (χ4v) is 3.04. The lowest BCUT2D eigenvalue weighted by atomic mass is 9.92. The summed E-state index contributed by atoms with van der Waals surface area (Å²) in [6.07, 6.45) is 5.71. The predicted octanol–water partition coefficient (Wildman–Crippen LogP) is 2.14. The van der Waals surface area contributed by atoms with E-state index in [1.54, 1.807) is 4.90 Å². The van der Waals surface area contributed by atoms with Gasteiger partial charge < -0.3 is 9.64 Å². The van der Waals surface area contributed by atoms with Crippen molar-refractivity contribution in [1.82, 2.24) is 4.90 Å². The Hall–Kier alpha value is -1.84. The van der Waals surface area contributed by atoms with E-state index < -0.39 is 0 Å². The number of aryl methyl sites for hydroxylation is 2. The van der Waals surface area contributed by atoms with Gasteiger partial charge in [-0.25, -0.2) is 0 Å². The predicted molar refractivity (Wildman–Crippen MR) is 79.4 cm³/mol. The van der Waals surface area contributed by atoms with E-state index in [1.165, 1.54) is 24.0 Å². The minimum Gasteiger partial charge on any atom is -0.484 e. The molecule has 4 nitrogen and oxygen atoms in total. The van der Waals surface area contributed by atoms with Gasteiger partial charge in [-0.3, -0.25) is 9.59 Å².